The first-order valence-electron chi connectivity index (χ1n) is 20.5. The third-order valence-electron chi connectivity index (χ3n) is 9.27. The first-order chi connectivity index (χ1) is 31.3. The SMILES string of the molecule is C/C=C/C=C/c1ccc(N=Nc2cccc(C(=O)Nc3ccccc3)c2O)cc1.Cc1ccc(/C=C/C=C/c2ccc(N=Nc3cccc(CONc4ccccc4)c3O)cc2)cc1. The number of nitrogens with zero attached hydrogens (tertiary/aromatic N) is 4. The summed E-state index contributed by atoms with van der Waals surface area (Å²) in [6, 6.07) is 52.4. The number of nitrogens with one attached hydrogen (secondary N) is 2. The Bertz CT molecular complexity index is 2750. The van der Waals surface area contributed by atoms with Crippen LogP contribution in [0.2, 0.25) is 0 Å². The summed E-state index contributed by atoms with van der Waals surface area (Å²) in [5.74, 6) is -0.579. The molecule has 7 aromatic rings. The van der Waals surface area contributed by atoms with Gasteiger partial charge in [-0.05, 0) is 97.3 Å². The van der Waals surface area contributed by atoms with Gasteiger partial charge in [0.1, 0.15) is 23.7 Å². The Morgan fingerprint density at radius 2 is 1.02 bits per heavy atom. The van der Waals surface area contributed by atoms with E-state index in [9.17, 15) is 15.0 Å². The van der Waals surface area contributed by atoms with E-state index in [0.717, 1.165) is 16.8 Å². The van der Waals surface area contributed by atoms with Crippen LogP contribution in [0, 0.1) is 6.92 Å². The number of aryl methyl sites for hydroxylation is 1. The van der Waals surface area contributed by atoms with Crippen LogP contribution in [0.1, 0.15) is 45.1 Å². The monoisotopic (exact) mass is 844 g/mol. The lowest BCUT2D eigenvalue weighted by atomic mass is 10.1. The summed E-state index contributed by atoms with van der Waals surface area (Å²) in [4.78, 5) is 17.9. The molecule has 0 aliphatic carbocycles. The number of hydrogen-bond acceptors (Lipinski definition) is 9. The largest absolute Gasteiger partial charge is 0.505 e. The van der Waals surface area contributed by atoms with Crippen LogP contribution in [0.3, 0.4) is 0 Å². The van der Waals surface area contributed by atoms with Crippen LogP contribution in [0.15, 0.2) is 221 Å². The molecule has 0 fully saturated rings. The maximum absolute atomic E-state index is 12.5. The van der Waals surface area contributed by atoms with Gasteiger partial charge in [0.2, 0.25) is 0 Å². The Labute approximate surface area is 373 Å². The second-order valence-corrected chi connectivity index (χ2v) is 14.1. The number of aromatic hydroxyl groups is 2. The number of carbonyl (C=O) groups is 1. The summed E-state index contributed by atoms with van der Waals surface area (Å²) in [5, 5.41) is 40.5. The molecule has 0 unspecified atom stereocenters. The highest BCUT2D eigenvalue weighted by atomic mass is 16.6. The van der Waals surface area contributed by atoms with Crippen molar-refractivity contribution in [1.82, 2.24) is 0 Å². The number of carbonyl (C=O) groups excluding carboxylic acids is 1. The lowest BCUT2D eigenvalue weighted by Gasteiger charge is -2.09. The van der Waals surface area contributed by atoms with Gasteiger partial charge in [-0.3, -0.25) is 15.1 Å². The van der Waals surface area contributed by atoms with Gasteiger partial charge >= 0.3 is 0 Å². The number of rotatable bonds is 15. The minimum Gasteiger partial charge on any atom is -0.505 e. The van der Waals surface area contributed by atoms with E-state index in [-0.39, 0.29) is 29.4 Å². The molecule has 10 heteroatoms. The first-order valence-corrected chi connectivity index (χ1v) is 20.5. The van der Waals surface area contributed by atoms with E-state index in [2.05, 4.69) is 68.5 Å². The van der Waals surface area contributed by atoms with Gasteiger partial charge in [-0.25, -0.2) is 0 Å². The Kier molecular flexibility index (Phi) is 17.0. The Balaban J connectivity index is 0.000000216. The topological polar surface area (TPSA) is 140 Å². The van der Waals surface area contributed by atoms with Crippen molar-refractivity contribution in [1.29, 1.82) is 0 Å². The van der Waals surface area contributed by atoms with E-state index in [4.69, 9.17) is 4.84 Å². The van der Waals surface area contributed by atoms with Gasteiger partial charge in [-0.15, -0.1) is 10.2 Å². The van der Waals surface area contributed by atoms with Crippen molar-refractivity contribution in [3.05, 3.63) is 234 Å². The first kappa shape index (κ1) is 45.1. The number of anilines is 2. The van der Waals surface area contributed by atoms with Crippen molar-refractivity contribution in [2.75, 3.05) is 10.8 Å². The molecule has 0 saturated heterocycles. The van der Waals surface area contributed by atoms with E-state index >= 15 is 0 Å². The number of para-hydroxylation sites is 4. The van der Waals surface area contributed by atoms with Crippen molar-refractivity contribution in [3.8, 4) is 11.5 Å². The van der Waals surface area contributed by atoms with Crippen LogP contribution in [0.4, 0.5) is 34.1 Å². The number of benzene rings is 7. The molecule has 0 heterocycles. The van der Waals surface area contributed by atoms with Crippen LogP contribution in [-0.4, -0.2) is 16.1 Å². The Hall–Kier alpha value is -8.47. The van der Waals surface area contributed by atoms with E-state index < -0.39 is 5.91 Å². The summed E-state index contributed by atoms with van der Waals surface area (Å²) < 4.78 is 0. The van der Waals surface area contributed by atoms with Crippen molar-refractivity contribution in [3.63, 3.8) is 0 Å². The molecule has 0 aliphatic rings. The molecule has 4 N–H and O–H groups in total. The van der Waals surface area contributed by atoms with E-state index in [1.807, 2.05) is 153 Å². The molecule has 0 radical (unpaired) electrons. The molecule has 0 saturated carbocycles. The molecule has 7 aromatic carbocycles. The summed E-state index contributed by atoms with van der Waals surface area (Å²) in [5.41, 5.74) is 11.6. The Morgan fingerprint density at radius 3 is 1.56 bits per heavy atom. The van der Waals surface area contributed by atoms with Crippen LogP contribution < -0.4 is 10.8 Å². The lowest BCUT2D eigenvalue weighted by Crippen LogP contribution is -2.11. The average molecular weight is 845 g/mol. The molecule has 0 aliphatic heterocycles. The molecule has 10 nitrogen and oxygen atoms in total. The van der Waals surface area contributed by atoms with Gasteiger partial charge in [0.15, 0.2) is 5.75 Å². The zero-order chi connectivity index (χ0) is 44.8. The molecular formula is C54H48N6O4. The minimum absolute atomic E-state index is 0.0472. The van der Waals surface area contributed by atoms with Gasteiger partial charge in [0.05, 0.1) is 22.6 Å². The molecule has 64 heavy (non-hydrogen) atoms. The molecule has 0 bridgehead atoms. The maximum atomic E-state index is 12.5. The fraction of sp³-hybridized carbons (Fsp3) is 0.0556. The number of azo groups is 2. The van der Waals surface area contributed by atoms with Crippen molar-refractivity contribution >= 4 is 58.3 Å². The molecule has 1 amide bonds. The van der Waals surface area contributed by atoms with Crippen molar-refractivity contribution < 1.29 is 19.8 Å². The predicted octanol–water partition coefficient (Wildman–Crippen LogP) is 15.0. The summed E-state index contributed by atoms with van der Waals surface area (Å²) in [6.07, 6.45) is 16.0. The predicted molar refractivity (Wildman–Crippen MR) is 260 cm³/mol. The molecule has 0 spiro atoms. The number of allylic oxidation sites excluding steroid dienone is 5. The van der Waals surface area contributed by atoms with Crippen LogP contribution in [-0.2, 0) is 11.4 Å². The molecule has 318 valence electrons. The van der Waals surface area contributed by atoms with Crippen LogP contribution in [0.5, 0.6) is 11.5 Å². The zero-order valence-electron chi connectivity index (χ0n) is 35.5. The molecule has 7 rings (SSSR count). The molecule has 0 atom stereocenters. The standard InChI is InChI=1S/C30H27N3O2.C24H21N3O2/c1-23-14-16-24(17-15-23)8-5-6-9-25-18-20-27(21-19-25)31-32-29-13-7-10-26(30(29)34)22-35-33-28-11-3-2-4-12-28;1-2-3-5-9-18-14-16-20(17-15-18)26-27-22-13-8-12-21(23(22)28)24(29)25-19-10-6-4-7-11-19/h2-21,33-34H,22H2,1H3;2-17,28H,1H3,(H,25,29)/b8-5+,9-6+,32-31?;3-2+,9-5+,27-26?. The van der Waals surface area contributed by atoms with E-state index in [1.54, 1.807) is 42.5 Å². The van der Waals surface area contributed by atoms with E-state index in [0.29, 0.717) is 28.3 Å². The van der Waals surface area contributed by atoms with Crippen molar-refractivity contribution in [2.45, 2.75) is 20.5 Å². The van der Waals surface area contributed by atoms with Gasteiger partial charge in [0, 0.05) is 11.3 Å². The Morgan fingerprint density at radius 1 is 0.531 bits per heavy atom. The van der Waals surface area contributed by atoms with Gasteiger partial charge in [0.25, 0.3) is 5.91 Å². The second-order valence-electron chi connectivity index (χ2n) is 14.1. The summed E-state index contributed by atoms with van der Waals surface area (Å²) >= 11 is 0. The fourth-order valence-corrected chi connectivity index (χ4v) is 5.81. The molecular weight excluding hydrogens is 797 g/mol. The normalized spacial score (nSPS) is 11.5. The fourth-order valence-electron chi connectivity index (χ4n) is 5.81. The third-order valence-corrected chi connectivity index (χ3v) is 9.27. The summed E-state index contributed by atoms with van der Waals surface area (Å²) in [7, 11) is 0. The average Bonchev–Trinajstić information content (AvgIpc) is 3.32. The highest BCUT2D eigenvalue weighted by Crippen LogP contribution is 2.33. The number of amides is 1. The van der Waals surface area contributed by atoms with Gasteiger partial charge in [-0.1, -0.05) is 157 Å². The number of hydrogen-bond donors (Lipinski definition) is 4. The van der Waals surface area contributed by atoms with Crippen molar-refractivity contribution in [2.24, 2.45) is 20.5 Å². The zero-order valence-corrected chi connectivity index (χ0v) is 35.5. The summed E-state index contributed by atoms with van der Waals surface area (Å²) in [6.45, 7) is 4.23. The lowest BCUT2D eigenvalue weighted by molar-refractivity contribution is 0.102. The van der Waals surface area contributed by atoms with Crippen LogP contribution >= 0.6 is 0 Å². The quantitative estimate of drug-likeness (QED) is 0.0462. The third kappa shape index (κ3) is 14.3. The van der Waals surface area contributed by atoms with Gasteiger partial charge in [-0.2, -0.15) is 10.2 Å². The maximum Gasteiger partial charge on any atom is 0.259 e. The minimum atomic E-state index is -0.414. The van der Waals surface area contributed by atoms with Crippen LogP contribution in [0.25, 0.3) is 18.2 Å². The smallest absolute Gasteiger partial charge is 0.259 e. The second kappa shape index (κ2) is 24.1. The van der Waals surface area contributed by atoms with E-state index in [1.165, 1.54) is 11.1 Å². The number of phenols is 2. The number of phenolic OH excluding ortho intramolecular Hbond substituents is 2. The van der Waals surface area contributed by atoms with Gasteiger partial charge < -0.3 is 15.5 Å². The molecule has 0 aromatic heterocycles. The highest BCUT2D eigenvalue weighted by molar-refractivity contribution is 6.07. The highest BCUT2D eigenvalue weighted by Gasteiger charge is 2.14.